The monoisotopic (exact) mass is 137 g/mol. The van der Waals surface area contributed by atoms with Gasteiger partial charge in [0.2, 0.25) is 0 Å². The van der Waals surface area contributed by atoms with Crippen molar-refractivity contribution in [3.05, 3.63) is 30.3 Å². The molecule has 0 N–H and O–H groups in total. The first kappa shape index (κ1) is 6.80. The van der Waals surface area contributed by atoms with Crippen LogP contribution in [0.5, 0.6) is 0 Å². The van der Waals surface area contributed by atoms with Crippen molar-refractivity contribution in [3.63, 3.8) is 0 Å². The lowest BCUT2D eigenvalue weighted by molar-refractivity contribution is 0.595. The van der Waals surface area contributed by atoms with Gasteiger partial charge in [0, 0.05) is 5.54 Å². The molecule has 1 radical (unpaired) electrons. The van der Waals surface area contributed by atoms with Crippen LogP contribution in [0.1, 0.15) is 0 Å². The molecule has 0 spiro atoms. The van der Waals surface area contributed by atoms with Crippen molar-refractivity contribution in [3.8, 4) is 0 Å². The van der Waals surface area contributed by atoms with Gasteiger partial charge in [0.05, 0.1) is 0 Å². The van der Waals surface area contributed by atoms with E-state index >= 15 is 0 Å². The first-order valence-corrected chi connectivity index (χ1v) is 4.27. The molecule has 0 heterocycles. The Morgan fingerprint density at radius 1 is 1.22 bits per heavy atom. The van der Waals surface area contributed by atoms with Crippen LogP contribution in [0.15, 0.2) is 30.3 Å². The Morgan fingerprint density at radius 3 is 2.44 bits per heavy atom. The third-order valence-corrected chi connectivity index (χ3v) is 2.12. The summed E-state index contributed by atoms with van der Waals surface area (Å²) in [5, 5.41) is 0. The summed E-state index contributed by atoms with van der Waals surface area (Å²) < 4.78 is 12.9. The van der Waals surface area contributed by atoms with Crippen LogP contribution in [-0.4, -0.2) is 20.8 Å². The molecule has 0 nitrogen and oxygen atoms in total. The van der Waals surface area contributed by atoms with E-state index in [9.17, 15) is 4.39 Å². The van der Waals surface area contributed by atoms with E-state index in [1.165, 1.54) is 0 Å². The number of benzene rings is 1. The summed E-state index contributed by atoms with van der Waals surface area (Å²) in [4.78, 5) is 0. The lowest BCUT2D eigenvalue weighted by atomic mass is 10.4. The molecule has 0 aliphatic heterocycles. The lowest BCUT2D eigenvalue weighted by Crippen LogP contribution is -2.14. The quantitative estimate of drug-likeness (QED) is 0.532. The van der Waals surface area contributed by atoms with Gasteiger partial charge in [-0.1, -0.05) is 30.3 Å². The second kappa shape index (κ2) is 3.66. The first-order valence-electron chi connectivity index (χ1n) is 2.87. The molecular formula is C7H7AlF. The first-order chi connectivity index (χ1) is 4.43. The van der Waals surface area contributed by atoms with Crippen LogP contribution in [0.3, 0.4) is 0 Å². The van der Waals surface area contributed by atoms with Crippen molar-refractivity contribution in [1.82, 2.24) is 0 Å². The molecule has 0 fully saturated rings. The maximum absolute atomic E-state index is 11.7. The Morgan fingerprint density at radius 2 is 1.89 bits per heavy atom. The van der Waals surface area contributed by atoms with Crippen LogP contribution in [0.2, 0.25) is 0 Å². The molecule has 1 rings (SSSR count). The highest BCUT2D eigenvalue weighted by Gasteiger charge is 1.91. The maximum Gasteiger partial charge on any atom is 0.301 e. The van der Waals surface area contributed by atoms with Crippen LogP contribution < -0.4 is 4.43 Å². The second-order valence-corrected chi connectivity index (χ2v) is 3.15. The van der Waals surface area contributed by atoms with Gasteiger partial charge in [0.1, 0.15) is 0 Å². The Balaban J connectivity index is 2.61. The topological polar surface area (TPSA) is 0 Å². The van der Waals surface area contributed by atoms with E-state index in [1.54, 1.807) is 0 Å². The number of halogens is 1. The van der Waals surface area contributed by atoms with E-state index in [0.717, 1.165) is 4.43 Å². The van der Waals surface area contributed by atoms with E-state index in [1.807, 2.05) is 30.3 Å². The van der Waals surface area contributed by atoms with Gasteiger partial charge < -0.3 is 0 Å². The fourth-order valence-electron chi connectivity index (χ4n) is 0.678. The minimum Gasteiger partial charge on any atom is -0.269 e. The molecule has 0 aromatic heterocycles. The maximum atomic E-state index is 11.7. The third kappa shape index (κ3) is 2.17. The average Bonchev–Trinajstić information content (AvgIpc) is 1.91. The van der Waals surface area contributed by atoms with Gasteiger partial charge in [-0.2, -0.15) is 0 Å². The van der Waals surface area contributed by atoms with Crippen molar-refractivity contribution in [2.45, 2.75) is 0 Å². The summed E-state index contributed by atoms with van der Waals surface area (Å²) in [7, 11) is 0. The molecular weight excluding hydrogens is 130 g/mol. The molecule has 0 saturated heterocycles. The normalized spacial score (nSPS) is 9.00. The van der Waals surface area contributed by atoms with Crippen molar-refractivity contribution in [1.29, 1.82) is 0 Å². The highest BCUT2D eigenvalue weighted by atomic mass is 27.1. The molecule has 1 aromatic carbocycles. The van der Waals surface area contributed by atoms with Crippen molar-refractivity contribution in [2.75, 3.05) is 5.54 Å². The molecule has 0 aliphatic rings. The van der Waals surface area contributed by atoms with Crippen LogP contribution in [-0.2, 0) is 0 Å². The minimum absolute atomic E-state index is 0.124. The molecule has 0 saturated carbocycles. The summed E-state index contributed by atoms with van der Waals surface area (Å²) in [6, 6.07) is 9.76. The van der Waals surface area contributed by atoms with Gasteiger partial charge >= 0.3 is 15.2 Å². The molecule has 9 heavy (non-hydrogen) atoms. The van der Waals surface area contributed by atoms with E-state index in [2.05, 4.69) is 0 Å². The summed E-state index contributed by atoms with van der Waals surface area (Å²) >= 11 is -0.124. The number of alkyl halides is 1. The highest BCUT2D eigenvalue weighted by Crippen LogP contribution is 1.80. The van der Waals surface area contributed by atoms with Crippen LogP contribution in [0.4, 0.5) is 4.39 Å². The second-order valence-electron chi connectivity index (χ2n) is 1.77. The Hall–Kier alpha value is -0.318. The third-order valence-electron chi connectivity index (χ3n) is 1.11. The van der Waals surface area contributed by atoms with Crippen molar-refractivity contribution in [2.24, 2.45) is 0 Å². The molecule has 0 atom stereocenters. The van der Waals surface area contributed by atoms with E-state index in [0.29, 0.717) is 0 Å². The van der Waals surface area contributed by atoms with Gasteiger partial charge in [-0.3, -0.25) is 4.39 Å². The highest BCUT2D eigenvalue weighted by molar-refractivity contribution is 6.53. The van der Waals surface area contributed by atoms with Crippen LogP contribution >= 0.6 is 0 Å². The number of rotatable bonds is 2. The predicted octanol–water partition coefficient (Wildman–Crippen LogP) is 0.943. The Bertz CT molecular complexity index is 162. The molecule has 2 heteroatoms. The molecule has 0 bridgehead atoms. The van der Waals surface area contributed by atoms with Crippen LogP contribution in [0.25, 0.3) is 0 Å². The molecule has 45 valence electrons. The predicted molar refractivity (Wildman–Crippen MR) is 37.8 cm³/mol. The Kier molecular flexibility index (Phi) is 2.76. The molecule has 0 aliphatic carbocycles. The zero-order valence-corrected chi connectivity index (χ0v) is 6.20. The van der Waals surface area contributed by atoms with Gasteiger partial charge in [-0.15, -0.1) is 4.43 Å². The standard InChI is InChI=1S/C6H5.CH2F.Al/c1-2-4-6-5-3-1;1-2;/h1-5H;1H2;. The molecule has 0 unspecified atom stereocenters. The van der Waals surface area contributed by atoms with Gasteiger partial charge in [0.25, 0.3) is 0 Å². The minimum atomic E-state index is -0.177. The lowest BCUT2D eigenvalue weighted by Gasteiger charge is -1.90. The van der Waals surface area contributed by atoms with Gasteiger partial charge in [-0.05, 0) is 0 Å². The SMILES string of the molecule is F[CH2][Al][c]1ccccc1. The number of hydrogen-bond acceptors (Lipinski definition) is 0. The van der Waals surface area contributed by atoms with E-state index < -0.39 is 0 Å². The van der Waals surface area contributed by atoms with E-state index in [-0.39, 0.29) is 20.8 Å². The Labute approximate surface area is 60.4 Å². The fourth-order valence-corrected chi connectivity index (χ4v) is 1.35. The molecule has 1 aromatic rings. The number of hydrogen-bond donors (Lipinski definition) is 0. The zero-order chi connectivity index (χ0) is 6.53. The van der Waals surface area contributed by atoms with E-state index in [4.69, 9.17) is 0 Å². The zero-order valence-electron chi connectivity index (χ0n) is 5.05. The fraction of sp³-hybridized carbons (Fsp3) is 0.143. The van der Waals surface area contributed by atoms with Gasteiger partial charge in [0.15, 0.2) is 0 Å². The van der Waals surface area contributed by atoms with Gasteiger partial charge in [-0.25, -0.2) is 0 Å². The summed E-state index contributed by atoms with van der Waals surface area (Å²) in [5.41, 5.74) is -0.177. The summed E-state index contributed by atoms with van der Waals surface area (Å²) in [6.45, 7) is 0. The largest absolute Gasteiger partial charge is 0.301 e. The van der Waals surface area contributed by atoms with Crippen molar-refractivity contribution >= 4 is 19.6 Å². The summed E-state index contributed by atoms with van der Waals surface area (Å²) in [6.07, 6.45) is 0. The molecule has 0 amide bonds. The van der Waals surface area contributed by atoms with Crippen LogP contribution in [0, 0.1) is 0 Å². The smallest absolute Gasteiger partial charge is 0.269 e. The average molecular weight is 137 g/mol. The summed E-state index contributed by atoms with van der Waals surface area (Å²) in [5.74, 6) is 0. The van der Waals surface area contributed by atoms with Crippen molar-refractivity contribution < 1.29 is 4.39 Å².